The average molecular weight is 492 g/mol. The van der Waals surface area contributed by atoms with Crippen LogP contribution in [-0.4, -0.2) is 23.5 Å². The number of esters is 1. The van der Waals surface area contributed by atoms with Gasteiger partial charge in [-0.05, 0) is 49.4 Å². The Morgan fingerprint density at radius 3 is 2.74 bits per heavy atom. The van der Waals surface area contributed by atoms with Crippen molar-refractivity contribution < 1.29 is 14.3 Å². The minimum atomic E-state index is -0.429. The van der Waals surface area contributed by atoms with Crippen LogP contribution in [0, 0.1) is 0 Å². The third-order valence-corrected chi connectivity index (χ3v) is 8.24. The molecule has 3 aromatic heterocycles. The standard InChI is InChI=1S/C26H25N3O3S2/c1-3-7-15-11-12-17-21(27)22(34-24(17)28-15)23(30)29-25-20(26(31)32-4-2)19-16-9-6-5-8-14(16)10-13-18(19)33-25/h5-6,8-9,11-12H,3-4,7,10,13,27H2,1-2H3,(H,29,30). The Kier molecular flexibility index (Phi) is 6.10. The molecule has 1 aliphatic rings. The summed E-state index contributed by atoms with van der Waals surface area (Å²) in [5, 5.41) is 4.26. The van der Waals surface area contributed by atoms with Crippen molar-refractivity contribution in [2.75, 3.05) is 17.7 Å². The number of hydrogen-bond donors (Lipinski definition) is 2. The number of rotatable bonds is 6. The van der Waals surface area contributed by atoms with Crippen LogP contribution in [0.2, 0.25) is 0 Å². The van der Waals surface area contributed by atoms with E-state index in [0.29, 0.717) is 21.1 Å². The van der Waals surface area contributed by atoms with Crippen LogP contribution in [0.4, 0.5) is 10.7 Å². The molecule has 174 valence electrons. The number of pyridine rings is 1. The third-order valence-electron chi connectivity index (χ3n) is 5.96. The number of benzene rings is 1. The SMILES string of the molecule is CCCc1ccc2c(N)c(C(=O)Nc3sc4c(c3C(=O)OCC)-c3ccccc3CC4)sc2n1. The summed E-state index contributed by atoms with van der Waals surface area (Å²) in [6.07, 6.45) is 3.58. The molecule has 0 radical (unpaired) electrons. The van der Waals surface area contributed by atoms with Crippen LogP contribution in [0.3, 0.4) is 0 Å². The van der Waals surface area contributed by atoms with E-state index in [-0.39, 0.29) is 12.5 Å². The number of anilines is 2. The molecule has 0 saturated carbocycles. The molecule has 0 unspecified atom stereocenters. The van der Waals surface area contributed by atoms with Crippen molar-refractivity contribution in [3.63, 3.8) is 0 Å². The van der Waals surface area contributed by atoms with Crippen LogP contribution >= 0.6 is 22.7 Å². The van der Waals surface area contributed by atoms with E-state index in [1.54, 1.807) is 6.92 Å². The van der Waals surface area contributed by atoms with Crippen molar-refractivity contribution >= 4 is 55.5 Å². The largest absolute Gasteiger partial charge is 0.462 e. The van der Waals surface area contributed by atoms with Crippen molar-refractivity contribution in [2.45, 2.75) is 39.5 Å². The molecule has 34 heavy (non-hydrogen) atoms. The number of amides is 1. The van der Waals surface area contributed by atoms with Gasteiger partial charge in [-0.2, -0.15) is 0 Å². The molecule has 0 saturated heterocycles. The van der Waals surface area contributed by atoms with E-state index in [9.17, 15) is 9.59 Å². The fourth-order valence-corrected chi connectivity index (χ4v) is 6.62. The molecule has 8 heteroatoms. The summed E-state index contributed by atoms with van der Waals surface area (Å²) in [6.45, 7) is 4.14. The Morgan fingerprint density at radius 2 is 1.94 bits per heavy atom. The number of aryl methyl sites for hydroxylation is 3. The number of hydrogen-bond acceptors (Lipinski definition) is 7. The van der Waals surface area contributed by atoms with Crippen LogP contribution in [0.5, 0.6) is 0 Å². The number of thiophene rings is 2. The maximum Gasteiger partial charge on any atom is 0.341 e. The average Bonchev–Trinajstić information content (AvgIpc) is 3.37. The van der Waals surface area contributed by atoms with Gasteiger partial charge in [0.05, 0.1) is 12.3 Å². The van der Waals surface area contributed by atoms with Gasteiger partial charge in [0.1, 0.15) is 20.3 Å². The molecule has 0 fully saturated rings. The van der Waals surface area contributed by atoms with E-state index in [2.05, 4.69) is 23.3 Å². The van der Waals surface area contributed by atoms with Crippen molar-refractivity contribution in [3.8, 4) is 11.1 Å². The van der Waals surface area contributed by atoms with Gasteiger partial charge in [0, 0.05) is 21.5 Å². The molecule has 1 aliphatic carbocycles. The Hall–Kier alpha value is -3.23. The lowest BCUT2D eigenvalue weighted by Crippen LogP contribution is -2.15. The number of carbonyl (C=O) groups is 2. The summed E-state index contributed by atoms with van der Waals surface area (Å²) in [6, 6.07) is 12.0. The Balaban J connectivity index is 1.55. The Morgan fingerprint density at radius 1 is 1.12 bits per heavy atom. The smallest absolute Gasteiger partial charge is 0.341 e. The van der Waals surface area contributed by atoms with Gasteiger partial charge in [-0.3, -0.25) is 4.79 Å². The van der Waals surface area contributed by atoms with Crippen molar-refractivity contribution in [1.82, 2.24) is 4.98 Å². The second kappa shape index (κ2) is 9.19. The number of ether oxygens (including phenoxy) is 1. The number of fused-ring (bicyclic) bond motifs is 4. The number of carbonyl (C=O) groups excluding carboxylic acids is 2. The maximum atomic E-state index is 13.4. The molecule has 3 N–H and O–H groups in total. The summed E-state index contributed by atoms with van der Waals surface area (Å²) in [5.74, 6) is -0.767. The molecule has 3 heterocycles. The lowest BCUT2D eigenvalue weighted by Gasteiger charge is -2.17. The topological polar surface area (TPSA) is 94.3 Å². The monoisotopic (exact) mass is 491 g/mol. The van der Waals surface area contributed by atoms with E-state index in [4.69, 9.17) is 10.5 Å². The molecule has 5 rings (SSSR count). The third kappa shape index (κ3) is 3.86. The zero-order valence-corrected chi connectivity index (χ0v) is 20.7. The highest BCUT2D eigenvalue weighted by Gasteiger charge is 2.31. The second-order valence-corrected chi connectivity index (χ2v) is 10.3. The van der Waals surface area contributed by atoms with Crippen LogP contribution in [0.15, 0.2) is 36.4 Å². The van der Waals surface area contributed by atoms with E-state index >= 15 is 0 Å². The van der Waals surface area contributed by atoms with Gasteiger partial charge in [0.25, 0.3) is 5.91 Å². The predicted molar refractivity (Wildman–Crippen MR) is 139 cm³/mol. The van der Waals surface area contributed by atoms with Crippen LogP contribution in [0.1, 0.15) is 56.4 Å². The maximum absolute atomic E-state index is 13.4. The summed E-state index contributed by atoms with van der Waals surface area (Å²) in [5.41, 5.74) is 11.3. The molecule has 1 amide bonds. The van der Waals surface area contributed by atoms with Crippen LogP contribution in [0.25, 0.3) is 21.3 Å². The molecule has 0 spiro atoms. The summed E-state index contributed by atoms with van der Waals surface area (Å²) in [7, 11) is 0. The number of nitrogens with one attached hydrogen (secondary N) is 1. The zero-order chi connectivity index (χ0) is 23.8. The van der Waals surface area contributed by atoms with Gasteiger partial charge in [-0.25, -0.2) is 9.78 Å². The molecule has 1 aromatic carbocycles. The quantitative estimate of drug-likeness (QED) is 0.318. The van der Waals surface area contributed by atoms with E-state index < -0.39 is 5.97 Å². The number of nitrogens with zero attached hydrogens (tertiary/aromatic N) is 1. The minimum absolute atomic E-state index is 0.257. The number of nitrogens with two attached hydrogens (primary N) is 1. The van der Waals surface area contributed by atoms with Gasteiger partial charge < -0.3 is 15.8 Å². The van der Waals surface area contributed by atoms with Gasteiger partial charge >= 0.3 is 5.97 Å². The lowest BCUT2D eigenvalue weighted by molar-refractivity contribution is 0.0529. The molecule has 4 aromatic rings. The summed E-state index contributed by atoms with van der Waals surface area (Å²) >= 11 is 2.72. The molecular formula is C26H25N3O3S2. The van der Waals surface area contributed by atoms with Crippen molar-refractivity contribution in [3.05, 3.63) is 63.0 Å². The van der Waals surface area contributed by atoms with Crippen molar-refractivity contribution in [2.24, 2.45) is 0 Å². The summed E-state index contributed by atoms with van der Waals surface area (Å²) in [4.78, 5) is 33.3. The lowest BCUT2D eigenvalue weighted by atomic mass is 9.88. The van der Waals surface area contributed by atoms with Gasteiger partial charge in [0.2, 0.25) is 0 Å². The number of nitrogen functional groups attached to an aromatic ring is 1. The molecular weight excluding hydrogens is 466 g/mol. The van der Waals surface area contributed by atoms with Gasteiger partial charge in [-0.15, -0.1) is 22.7 Å². The molecule has 0 aliphatic heterocycles. The first-order chi connectivity index (χ1) is 16.5. The molecule has 0 bridgehead atoms. The zero-order valence-electron chi connectivity index (χ0n) is 19.1. The van der Waals surface area contributed by atoms with Crippen LogP contribution < -0.4 is 11.1 Å². The van der Waals surface area contributed by atoms with Crippen molar-refractivity contribution in [1.29, 1.82) is 0 Å². The highest BCUT2D eigenvalue weighted by atomic mass is 32.1. The first-order valence-electron chi connectivity index (χ1n) is 11.4. The van der Waals surface area contributed by atoms with E-state index in [1.807, 2.05) is 30.3 Å². The fourth-order valence-electron chi connectivity index (χ4n) is 4.41. The number of aromatic nitrogens is 1. The first-order valence-corrected chi connectivity index (χ1v) is 13.0. The Labute approximate surface area is 205 Å². The fraction of sp³-hybridized carbons (Fsp3) is 0.269. The molecule has 0 atom stereocenters. The highest BCUT2D eigenvalue weighted by Crippen LogP contribution is 2.46. The van der Waals surface area contributed by atoms with E-state index in [1.165, 1.54) is 28.2 Å². The normalized spacial score (nSPS) is 12.3. The first kappa shape index (κ1) is 22.6. The molecule has 6 nitrogen and oxygen atoms in total. The van der Waals surface area contributed by atoms with Gasteiger partial charge in [-0.1, -0.05) is 37.6 Å². The second-order valence-electron chi connectivity index (χ2n) is 8.19. The Bertz CT molecular complexity index is 1420. The van der Waals surface area contributed by atoms with E-state index in [0.717, 1.165) is 57.6 Å². The van der Waals surface area contributed by atoms with Crippen LogP contribution in [-0.2, 0) is 24.0 Å². The minimum Gasteiger partial charge on any atom is -0.462 e. The summed E-state index contributed by atoms with van der Waals surface area (Å²) < 4.78 is 5.39. The highest BCUT2D eigenvalue weighted by molar-refractivity contribution is 7.21. The van der Waals surface area contributed by atoms with Gasteiger partial charge in [0.15, 0.2) is 0 Å². The predicted octanol–water partition coefficient (Wildman–Crippen LogP) is 6.09.